The van der Waals surface area contributed by atoms with Crippen molar-refractivity contribution in [2.75, 3.05) is 44.6 Å². The van der Waals surface area contributed by atoms with Crippen LogP contribution in [0.3, 0.4) is 0 Å². The lowest BCUT2D eigenvalue weighted by molar-refractivity contribution is -0.144. The van der Waals surface area contributed by atoms with Crippen LogP contribution in [0.25, 0.3) is 0 Å². The van der Waals surface area contributed by atoms with Crippen molar-refractivity contribution < 1.29 is 14.7 Å². The summed E-state index contributed by atoms with van der Waals surface area (Å²) in [5, 5.41) is 16.0. The van der Waals surface area contributed by atoms with E-state index in [0.717, 1.165) is 12.8 Å². The van der Waals surface area contributed by atoms with E-state index in [9.17, 15) is 9.59 Å². The number of piperazine rings is 1. The summed E-state index contributed by atoms with van der Waals surface area (Å²) in [7, 11) is 0. The average Bonchev–Trinajstić information content (AvgIpc) is 3.26. The minimum atomic E-state index is -0.606. The van der Waals surface area contributed by atoms with Gasteiger partial charge in [0.05, 0.1) is 18.8 Å². The second kappa shape index (κ2) is 7.76. The van der Waals surface area contributed by atoms with E-state index in [4.69, 9.17) is 5.11 Å². The van der Waals surface area contributed by atoms with Gasteiger partial charge in [-0.15, -0.1) is 0 Å². The molecule has 2 amide bonds. The molecule has 0 radical (unpaired) electrons. The van der Waals surface area contributed by atoms with Crippen molar-refractivity contribution >= 4 is 17.6 Å². The largest absolute Gasteiger partial charge is 0.395 e. The number of hydrogen-bond acceptors (Lipinski definition) is 5. The van der Waals surface area contributed by atoms with E-state index >= 15 is 0 Å². The van der Waals surface area contributed by atoms with E-state index in [2.05, 4.69) is 15.3 Å². The van der Waals surface area contributed by atoms with Gasteiger partial charge in [0.25, 0.3) is 0 Å². The summed E-state index contributed by atoms with van der Waals surface area (Å²) in [6, 6.07) is 2.05. The van der Waals surface area contributed by atoms with Gasteiger partial charge in [-0.2, -0.15) is 5.10 Å². The SMILES string of the molecule is O=C(Nc1ccnn1C1CCCC1)C(=O)N1CCN(CCO)CC1. The number of aromatic nitrogens is 2. The molecule has 0 unspecified atom stereocenters. The Morgan fingerprint density at radius 2 is 1.92 bits per heavy atom. The van der Waals surface area contributed by atoms with Gasteiger partial charge in [0.1, 0.15) is 5.82 Å². The van der Waals surface area contributed by atoms with Crippen LogP contribution >= 0.6 is 0 Å². The molecule has 1 saturated carbocycles. The number of hydrogen-bond donors (Lipinski definition) is 2. The van der Waals surface area contributed by atoms with E-state index in [1.165, 1.54) is 12.8 Å². The molecule has 1 aliphatic heterocycles. The molecule has 1 aliphatic carbocycles. The van der Waals surface area contributed by atoms with E-state index in [0.29, 0.717) is 44.6 Å². The molecule has 2 aliphatic rings. The fourth-order valence-electron chi connectivity index (χ4n) is 3.48. The Morgan fingerprint density at radius 1 is 1.21 bits per heavy atom. The number of nitrogens with one attached hydrogen (secondary N) is 1. The lowest BCUT2D eigenvalue weighted by Gasteiger charge is -2.33. The van der Waals surface area contributed by atoms with Gasteiger partial charge in [-0.25, -0.2) is 4.68 Å². The standard InChI is InChI=1S/C16H25N5O3/c22-12-11-19-7-9-20(10-8-19)16(24)15(23)18-14-5-6-17-21(14)13-3-1-2-4-13/h5-6,13,22H,1-4,7-12H2,(H,18,23). The van der Waals surface area contributed by atoms with E-state index < -0.39 is 11.8 Å². The molecule has 0 aromatic carbocycles. The molecule has 0 atom stereocenters. The number of rotatable bonds is 4. The number of β-amino-alcohol motifs (C(OH)–C–C–N with tert-alkyl or cyclic N) is 1. The highest BCUT2D eigenvalue weighted by molar-refractivity contribution is 6.39. The van der Waals surface area contributed by atoms with Crippen molar-refractivity contribution in [1.29, 1.82) is 0 Å². The fourth-order valence-corrected chi connectivity index (χ4v) is 3.48. The Bertz CT molecular complexity index is 574. The third-order valence-corrected chi connectivity index (χ3v) is 4.85. The highest BCUT2D eigenvalue weighted by atomic mass is 16.3. The first kappa shape index (κ1) is 16.9. The molecule has 2 N–H and O–H groups in total. The van der Waals surface area contributed by atoms with Crippen LogP contribution in [0.5, 0.6) is 0 Å². The van der Waals surface area contributed by atoms with E-state index in [1.54, 1.807) is 17.2 Å². The van der Waals surface area contributed by atoms with Crippen molar-refractivity contribution in [3.63, 3.8) is 0 Å². The molecule has 1 saturated heterocycles. The second-order valence-electron chi connectivity index (χ2n) is 6.41. The first-order valence-corrected chi connectivity index (χ1v) is 8.66. The smallest absolute Gasteiger partial charge is 0.315 e. The number of carbonyl (C=O) groups is 2. The molecule has 0 spiro atoms. The van der Waals surface area contributed by atoms with Gasteiger partial charge in [0, 0.05) is 38.8 Å². The summed E-state index contributed by atoms with van der Waals surface area (Å²) in [6.45, 7) is 3.09. The molecule has 24 heavy (non-hydrogen) atoms. The lowest BCUT2D eigenvalue weighted by Crippen LogP contribution is -2.52. The highest BCUT2D eigenvalue weighted by Crippen LogP contribution is 2.31. The number of nitrogens with zero attached hydrogens (tertiary/aromatic N) is 4. The normalized spacial score (nSPS) is 19.6. The van der Waals surface area contributed by atoms with Gasteiger partial charge < -0.3 is 15.3 Å². The number of carbonyl (C=O) groups excluding carboxylic acids is 2. The van der Waals surface area contributed by atoms with Gasteiger partial charge in [-0.3, -0.25) is 14.5 Å². The molecule has 1 aromatic heterocycles. The predicted octanol–water partition coefficient (Wildman–Crippen LogP) is 0.0732. The van der Waals surface area contributed by atoms with Crippen LogP contribution in [0, 0.1) is 0 Å². The third kappa shape index (κ3) is 3.76. The van der Waals surface area contributed by atoms with Crippen molar-refractivity contribution in [2.24, 2.45) is 0 Å². The summed E-state index contributed by atoms with van der Waals surface area (Å²) in [4.78, 5) is 28.3. The number of aliphatic hydroxyl groups excluding tert-OH is 1. The molecule has 2 heterocycles. The number of aliphatic hydroxyl groups is 1. The van der Waals surface area contributed by atoms with Crippen molar-refractivity contribution in [3.8, 4) is 0 Å². The summed E-state index contributed by atoms with van der Waals surface area (Å²) >= 11 is 0. The van der Waals surface area contributed by atoms with Crippen LogP contribution in [0.4, 0.5) is 5.82 Å². The Labute approximate surface area is 141 Å². The maximum absolute atomic E-state index is 12.3. The minimum Gasteiger partial charge on any atom is -0.395 e. The fraction of sp³-hybridized carbons (Fsp3) is 0.688. The Kier molecular flexibility index (Phi) is 5.47. The molecular weight excluding hydrogens is 310 g/mol. The molecule has 0 bridgehead atoms. The third-order valence-electron chi connectivity index (χ3n) is 4.85. The second-order valence-corrected chi connectivity index (χ2v) is 6.41. The quantitative estimate of drug-likeness (QED) is 0.760. The Balaban J connectivity index is 1.55. The molecule has 2 fully saturated rings. The first-order valence-electron chi connectivity index (χ1n) is 8.66. The van der Waals surface area contributed by atoms with Gasteiger partial charge in [-0.1, -0.05) is 12.8 Å². The average molecular weight is 335 g/mol. The summed E-state index contributed by atoms with van der Waals surface area (Å²) in [6.07, 6.45) is 6.13. The zero-order valence-corrected chi connectivity index (χ0v) is 13.9. The minimum absolute atomic E-state index is 0.111. The summed E-state index contributed by atoms with van der Waals surface area (Å²) in [5.41, 5.74) is 0. The lowest BCUT2D eigenvalue weighted by atomic mass is 10.2. The van der Waals surface area contributed by atoms with Crippen LogP contribution in [0.2, 0.25) is 0 Å². The van der Waals surface area contributed by atoms with Gasteiger partial charge in [0.15, 0.2) is 0 Å². The first-order chi connectivity index (χ1) is 11.7. The summed E-state index contributed by atoms with van der Waals surface area (Å²) < 4.78 is 1.83. The molecule has 3 rings (SSSR count). The van der Waals surface area contributed by atoms with Crippen LogP contribution in [-0.4, -0.2) is 75.8 Å². The van der Waals surface area contributed by atoms with Crippen molar-refractivity contribution in [1.82, 2.24) is 19.6 Å². The van der Waals surface area contributed by atoms with Crippen LogP contribution in [0.1, 0.15) is 31.7 Å². The predicted molar refractivity (Wildman–Crippen MR) is 88.5 cm³/mol. The topological polar surface area (TPSA) is 90.7 Å². The number of anilines is 1. The molecule has 1 aromatic rings. The van der Waals surface area contributed by atoms with Crippen LogP contribution in [-0.2, 0) is 9.59 Å². The van der Waals surface area contributed by atoms with Crippen LogP contribution in [0.15, 0.2) is 12.3 Å². The summed E-state index contributed by atoms with van der Waals surface area (Å²) in [5.74, 6) is -0.512. The van der Waals surface area contributed by atoms with Gasteiger partial charge in [-0.05, 0) is 12.8 Å². The van der Waals surface area contributed by atoms with Crippen molar-refractivity contribution in [2.45, 2.75) is 31.7 Å². The molecular formula is C16H25N5O3. The maximum Gasteiger partial charge on any atom is 0.315 e. The maximum atomic E-state index is 12.3. The van der Waals surface area contributed by atoms with E-state index in [-0.39, 0.29) is 6.61 Å². The highest BCUT2D eigenvalue weighted by Gasteiger charge is 2.27. The van der Waals surface area contributed by atoms with Crippen LogP contribution < -0.4 is 5.32 Å². The Morgan fingerprint density at radius 3 is 2.58 bits per heavy atom. The van der Waals surface area contributed by atoms with Gasteiger partial charge >= 0.3 is 11.8 Å². The monoisotopic (exact) mass is 335 g/mol. The van der Waals surface area contributed by atoms with E-state index in [1.807, 2.05) is 4.68 Å². The molecule has 8 nitrogen and oxygen atoms in total. The Hall–Kier alpha value is -1.93. The zero-order valence-electron chi connectivity index (χ0n) is 13.9. The molecule has 132 valence electrons. The molecule has 8 heteroatoms. The number of amides is 2. The zero-order chi connectivity index (χ0) is 16.9. The van der Waals surface area contributed by atoms with Gasteiger partial charge in [0.2, 0.25) is 0 Å². The van der Waals surface area contributed by atoms with Crippen molar-refractivity contribution in [3.05, 3.63) is 12.3 Å².